The van der Waals surface area contributed by atoms with Gasteiger partial charge in [-0.15, -0.1) is 11.8 Å². The number of carbonyl (C=O) groups is 1. The van der Waals surface area contributed by atoms with Gasteiger partial charge in [0.05, 0.1) is 14.2 Å². The summed E-state index contributed by atoms with van der Waals surface area (Å²) < 4.78 is 10.8. The molecule has 6 heteroatoms. The number of benzene rings is 2. The third kappa shape index (κ3) is 3.85. The Kier molecular flexibility index (Phi) is 5.38. The third-order valence-corrected chi connectivity index (χ3v) is 5.37. The second-order valence-electron chi connectivity index (χ2n) is 5.82. The van der Waals surface area contributed by atoms with Crippen molar-refractivity contribution in [3.8, 4) is 11.5 Å². The van der Waals surface area contributed by atoms with E-state index in [4.69, 9.17) is 9.47 Å². The van der Waals surface area contributed by atoms with Crippen molar-refractivity contribution in [1.29, 1.82) is 0 Å². The van der Waals surface area contributed by atoms with Crippen molar-refractivity contribution in [3.63, 3.8) is 0 Å². The third-order valence-electron chi connectivity index (χ3n) is 4.12. The first-order chi connectivity index (χ1) is 12.1. The first-order valence-electron chi connectivity index (χ1n) is 8.10. The molecule has 3 rings (SSSR count). The molecule has 1 atom stereocenters. The minimum Gasteiger partial charge on any atom is -0.497 e. The summed E-state index contributed by atoms with van der Waals surface area (Å²) in [6.07, 6.45) is 0. The molecule has 2 aromatic carbocycles. The normalized spacial score (nSPS) is 16.6. The zero-order valence-electron chi connectivity index (χ0n) is 14.6. The Balaban J connectivity index is 1.84. The van der Waals surface area contributed by atoms with Crippen LogP contribution in [0, 0.1) is 6.92 Å². The number of hydrogen-bond acceptors (Lipinski definition) is 4. The lowest BCUT2D eigenvalue weighted by atomic mass is 10.1. The van der Waals surface area contributed by atoms with Crippen LogP contribution in [0.3, 0.4) is 0 Å². The molecule has 5 nitrogen and oxygen atoms in total. The molecule has 0 spiro atoms. The number of urea groups is 1. The highest BCUT2D eigenvalue weighted by atomic mass is 32.2. The number of methoxy groups -OCH3 is 2. The van der Waals surface area contributed by atoms with Crippen molar-refractivity contribution in [1.82, 2.24) is 4.90 Å². The van der Waals surface area contributed by atoms with E-state index in [0.29, 0.717) is 6.54 Å². The average Bonchev–Trinajstić information content (AvgIpc) is 3.11. The minimum atomic E-state index is -0.106. The Morgan fingerprint density at radius 1 is 1.20 bits per heavy atom. The van der Waals surface area contributed by atoms with E-state index in [0.717, 1.165) is 34.1 Å². The van der Waals surface area contributed by atoms with Gasteiger partial charge in [-0.25, -0.2) is 4.79 Å². The molecule has 0 radical (unpaired) electrons. The van der Waals surface area contributed by atoms with Crippen molar-refractivity contribution in [3.05, 3.63) is 53.6 Å². The summed E-state index contributed by atoms with van der Waals surface area (Å²) in [7, 11) is 3.28. The Labute approximate surface area is 152 Å². The van der Waals surface area contributed by atoms with Gasteiger partial charge in [-0.1, -0.05) is 12.1 Å². The lowest BCUT2D eigenvalue weighted by Crippen LogP contribution is -2.34. The number of aryl methyl sites for hydroxylation is 1. The number of rotatable bonds is 4. The molecule has 25 heavy (non-hydrogen) atoms. The highest BCUT2D eigenvalue weighted by molar-refractivity contribution is 7.99. The van der Waals surface area contributed by atoms with Crippen LogP contribution in [-0.2, 0) is 0 Å². The standard InChI is InChI=1S/C19H22N2O3S/c1-13-5-4-6-14(11-13)20-19(22)21-9-10-25-18(21)16-12-15(23-2)7-8-17(16)24-3/h4-8,11-12,18H,9-10H2,1-3H3,(H,20,22)/t18-/m0/s1. The summed E-state index contributed by atoms with van der Waals surface area (Å²) in [5, 5.41) is 2.89. The van der Waals surface area contributed by atoms with Crippen LogP contribution in [-0.4, -0.2) is 37.4 Å². The van der Waals surface area contributed by atoms with Gasteiger partial charge in [-0.3, -0.25) is 0 Å². The lowest BCUT2D eigenvalue weighted by Gasteiger charge is -2.26. The van der Waals surface area contributed by atoms with Gasteiger partial charge >= 0.3 is 6.03 Å². The van der Waals surface area contributed by atoms with Crippen LogP contribution in [0.15, 0.2) is 42.5 Å². The summed E-state index contributed by atoms with van der Waals surface area (Å²) in [6.45, 7) is 2.69. The fourth-order valence-electron chi connectivity index (χ4n) is 2.89. The van der Waals surface area contributed by atoms with Gasteiger partial charge in [0, 0.05) is 23.5 Å². The molecule has 1 aliphatic rings. The summed E-state index contributed by atoms with van der Waals surface area (Å²) in [6, 6.07) is 13.4. The van der Waals surface area contributed by atoms with E-state index in [1.54, 1.807) is 26.0 Å². The Bertz CT molecular complexity index is 766. The first kappa shape index (κ1) is 17.5. The molecule has 1 fully saturated rings. The molecule has 1 N–H and O–H groups in total. The van der Waals surface area contributed by atoms with E-state index in [1.807, 2.05) is 54.3 Å². The van der Waals surface area contributed by atoms with Gasteiger partial charge in [-0.2, -0.15) is 0 Å². The number of amides is 2. The molecule has 1 saturated heterocycles. The number of ether oxygens (including phenoxy) is 2. The van der Waals surface area contributed by atoms with Crippen molar-refractivity contribution >= 4 is 23.5 Å². The van der Waals surface area contributed by atoms with E-state index in [-0.39, 0.29) is 11.4 Å². The minimum absolute atomic E-state index is 0.102. The zero-order valence-corrected chi connectivity index (χ0v) is 15.4. The first-order valence-corrected chi connectivity index (χ1v) is 9.15. The fourth-order valence-corrected chi connectivity index (χ4v) is 4.16. The largest absolute Gasteiger partial charge is 0.497 e. The van der Waals surface area contributed by atoms with Crippen molar-refractivity contribution < 1.29 is 14.3 Å². The summed E-state index contributed by atoms with van der Waals surface area (Å²) in [5.41, 5.74) is 2.86. The van der Waals surface area contributed by atoms with Gasteiger partial charge in [0.25, 0.3) is 0 Å². The maximum absolute atomic E-state index is 12.8. The predicted octanol–water partition coefficient (Wildman–Crippen LogP) is 4.29. The van der Waals surface area contributed by atoms with Gasteiger partial charge in [-0.05, 0) is 42.8 Å². The number of thioether (sulfide) groups is 1. The Hall–Kier alpha value is -2.34. The van der Waals surface area contributed by atoms with E-state index in [1.165, 1.54) is 0 Å². The SMILES string of the molecule is COc1ccc(OC)c([C@@H]2SCCN2C(=O)Nc2cccc(C)c2)c1. The molecular formula is C19H22N2O3S. The van der Waals surface area contributed by atoms with Crippen LogP contribution in [0.1, 0.15) is 16.5 Å². The Morgan fingerprint density at radius 3 is 2.76 bits per heavy atom. The molecule has 0 bridgehead atoms. The molecule has 0 saturated carbocycles. The molecule has 2 aromatic rings. The molecule has 0 aromatic heterocycles. The van der Waals surface area contributed by atoms with Gasteiger partial charge in [0.1, 0.15) is 16.9 Å². The lowest BCUT2D eigenvalue weighted by molar-refractivity contribution is 0.213. The Morgan fingerprint density at radius 2 is 2.04 bits per heavy atom. The summed E-state index contributed by atoms with van der Waals surface area (Å²) in [5.74, 6) is 2.39. The topological polar surface area (TPSA) is 50.8 Å². The van der Waals surface area contributed by atoms with Gasteiger partial charge < -0.3 is 19.7 Å². The van der Waals surface area contributed by atoms with Crippen LogP contribution >= 0.6 is 11.8 Å². The fraction of sp³-hybridized carbons (Fsp3) is 0.316. The number of anilines is 1. The maximum Gasteiger partial charge on any atom is 0.323 e. The van der Waals surface area contributed by atoms with E-state index < -0.39 is 0 Å². The second kappa shape index (κ2) is 7.70. The average molecular weight is 358 g/mol. The van der Waals surface area contributed by atoms with E-state index >= 15 is 0 Å². The van der Waals surface area contributed by atoms with Crippen molar-refractivity contribution in [2.75, 3.05) is 31.8 Å². The predicted molar refractivity (Wildman–Crippen MR) is 102 cm³/mol. The quantitative estimate of drug-likeness (QED) is 0.886. The van der Waals surface area contributed by atoms with Crippen LogP contribution in [0.4, 0.5) is 10.5 Å². The molecular weight excluding hydrogens is 336 g/mol. The number of nitrogens with zero attached hydrogens (tertiary/aromatic N) is 1. The smallest absolute Gasteiger partial charge is 0.323 e. The molecule has 0 aliphatic carbocycles. The van der Waals surface area contributed by atoms with Gasteiger partial charge in [0.15, 0.2) is 0 Å². The molecule has 0 unspecified atom stereocenters. The maximum atomic E-state index is 12.8. The number of nitrogens with one attached hydrogen (secondary N) is 1. The summed E-state index contributed by atoms with van der Waals surface area (Å²) >= 11 is 1.72. The van der Waals surface area contributed by atoms with Crippen LogP contribution in [0.2, 0.25) is 0 Å². The zero-order chi connectivity index (χ0) is 17.8. The second-order valence-corrected chi connectivity index (χ2v) is 7.01. The number of hydrogen-bond donors (Lipinski definition) is 1. The van der Waals surface area contributed by atoms with Crippen LogP contribution < -0.4 is 14.8 Å². The number of carbonyl (C=O) groups excluding carboxylic acids is 1. The monoisotopic (exact) mass is 358 g/mol. The van der Waals surface area contributed by atoms with Gasteiger partial charge in [0.2, 0.25) is 0 Å². The van der Waals surface area contributed by atoms with Crippen molar-refractivity contribution in [2.45, 2.75) is 12.3 Å². The molecule has 1 heterocycles. The molecule has 1 aliphatic heterocycles. The van der Waals surface area contributed by atoms with Crippen molar-refractivity contribution in [2.24, 2.45) is 0 Å². The van der Waals surface area contributed by atoms with Crippen LogP contribution in [0.5, 0.6) is 11.5 Å². The highest BCUT2D eigenvalue weighted by Crippen LogP contribution is 2.43. The van der Waals surface area contributed by atoms with Crippen LogP contribution in [0.25, 0.3) is 0 Å². The molecule has 2 amide bonds. The summed E-state index contributed by atoms with van der Waals surface area (Å²) in [4.78, 5) is 14.6. The van der Waals surface area contributed by atoms with E-state index in [9.17, 15) is 4.79 Å². The molecule has 132 valence electrons. The van der Waals surface area contributed by atoms with E-state index in [2.05, 4.69) is 5.32 Å². The highest BCUT2D eigenvalue weighted by Gasteiger charge is 2.33.